The number of alkyl halides is 2. The summed E-state index contributed by atoms with van der Waals surface area (Å²) in [5, 5.41) is 7.67. The van der Waals surface area contributed by atoms with E-state index in [9.17, 15) is 13.6 Å². The molecule has 0 radical (unpaired) electrons. The quantitative estimate of drug-likeness (QED) is 0.694. The van der Waals surface area contributed by atoms with Crippen LogP contribution >= 0.6 is 11.6 Å². The van der Waals surface area contributed by atoms with E-state index in [-0.39, 0.29) is 22.5 Å². The molecule has 27 heavy (non-hydrogen) atoms. The van der Waals surface area contributed by atoms with Gasteiger partial charge >= 0.3 is 0 Å². The third kappa shape index (κ3) is 4.48. The fourth-order valence-electron chi connectivity index (χ4n) is 2.41. The van der Waals surface area contributed by atoms with E-state index < -0.39 is 12.5 Å². The van der Waals surface area contributed by atoms with Gasteiger partial charge in [0, 0.05) is 32.6 Å². The first-order valence-corrected chi connectivity index (χ1v) is 8.34. The number of pyridine rings is 2. The van der Waals surface area contributed by atoms with Crippen LogP contribution in [0.25, 0.3) is 10.9 Å². The zero-order valence-corrected chi connectivity index (χ0v) is 15.3. The number of hydrogen-bond donors (Lipinski definition) is 1. The lowest BCUT2D eigenvalue weighted by Crippen LogP contribution is -2.21. The maximum atomic E-state index is 12.9. The van der Waals surface area contributed by atoms with Crippen LogP contribution in [0.1, 0.15) is 23.0 Å². The Bertz CT molecular complexity index is 987. The zero-order chi connectivity index (χ0) is 19.6. The van der Waals surface area contributed by atoms with E-state index in [4.69, 9.17) is 16.3 Å². The molecule has 0 unspecified atom stereocenters. The van der Waals surface area contributed by atoms with Gasteiger partial charge in [-0.1, -0.05) is 11.6 Å². The van der Waals surface area contributed by atoms with Crippen LogP contribution in [0.15, 0.2) is 30.7 Å². The molecule has 0 saturated carbocycles. The molecule has 1 amide bonds. The summed E-state index contributed by atoms with van der Waals surface area (Å²) in [7, 11) is 1.53. The highest BCUT2D eigenvalue weighted by atomic mass is 35.5. The molecular formula is C17H16ClF2N5O2. The fourth-order valence-corrected chi connectivity index (χ4v) is 2.66. The molecule has 0 saturated heterocycles. The van der Waals surface area contributed by atoms with E-state index >= 15 is 0 Å². The Labute approximate surface area is 158 Å². The van der Waals surface area contributed by atoms with Gasteiger partial charge in [-0.25, -0.2) is 13.8 Å². The number of rotatable bonds is 6. The second-order valence-corrected chi connectivity index (χ2v) is 6.39. The second kappa shape index (κ2) is 7.43. The van der Waals surface area contributed by atoms with Gasteiger partial charge in [-0.05, 0) is 17.7 Å². The minimum atomic E-state index is -2.98. The molecule has 0 aromatic carbocycles. The summed E-state index contributed by atoms with van der Waals surface area (Å²) in [5.74, 6) is -3.34. The summed E-state index contributed by atoms with van der Waals surface area (Å²) >= 11 is 6.06. The number of hydrogen-bond acceptors (Lipinski definition) is 5. The molecule has 3 heterocycles. The predicted molar refractivity (Wildman–Crippen MR) is 95.4 cm³/mol. The van der Waals surface area contributed by atoms with Gasteiger partial charge < -0.3 is 10.1 Å². The van der Waals surface area contributed by atoms with Gasteiger partial charge in [0.1, 0.15) is 10.7 Å². The Morgan fingerprint density at radius 3 is 2.85 bits per heavy atom. The zero-order valence-electron chi connectivity index (χ0n) is 14.5. The van der Waals surface area contributed by atoms with Crippen LogP contribution in [0.5, 0.6) is 5.88 Å². The molecule has 0 aliphatic carbocycles. The SMILES string of the molecule is CNC(=O)c1nccc2nn(Cc3cnc(OCC(C)(F)F)c(Cl)c3)cc12. The van der Waals surface area contributed by atoms with E-state index in [2.05, 4.69) is 20.4 Å². The first kappa shape index (κ1) is 19.0. The maximum absolute atomic E-state index is 12.9. The largest absolute Gasteiger partial charge is 0.470 e. The van der Waals surface area contributed by atoms with E-state index in [1.165, 1.54) is 19.4 Å². The van der Waals surface area contributed by atoms with Crippen LogP contribution in [-0.4, -0.2) is 45.2 Å². The van der Waals surface area contributed by atoms with Crippen LogP contribution in [0, 0.1) is 0 Å². The molecular weight excluding hydrogens is 380 g/mol. The number of aromatic nitrogens is 4. The Morgan fingerprint density at radius 1 is 1.41 bits per heavy atom. The standard InChI is InChI=1S/C17H16ClF2N5O2/c1-17(19,20)9-27-16-12(18)5-10(6-23-16)7-25-8-11-13(24-25)3-4-22-14(11)15(26)21-2/h3-6,8H,7,9H2,1-2H3,(H,21,26). The maximum Gasteiger partial charge on any atom is 0.278 e. The molecule has 142 valence electrons. The summed E-state index contributed by atoms with van der Waals surface area (Å²) < 4.78 is 32.3. The number of ether oxygens (including phenoxy) is 1. The molecule has 0 bridgehead atoms. The highest BCUT2D eigenvalue weighted by molar-refractivity contribution is 6.31. The van der Waals surface area contributed by atoms with Crippen molar-refractivity contribution in [3.63, 3.8) is 0 Å². The summed E-state index contributed by atoms with van der Waals surface area (Å²) in [6, 6.07) is 3.27. The van der Waals surface area contributed by atoms with Crippen LogP contribution in [0.3, 0.4) is 0 Å². The molecule has 0 spiro atoms. The van der Waals surface area contributed by atoms with E-state index in [1.54, 1.807) is 23.0 Å². The lowest BCUT2D eigenvalue weighted by Gasteiger charge is -2.12. The number of halogens is 3. The molecule has 1 N–H and O–H groups in total. The van der Waals surface area contributed by atoms with Crippen LogP contribution in [0.4, 0.5) is 8.78 Å². The number of nitrogens with zero attached hydrogens (tertiary/aromatic N) is 4. The normalized spacial score (nSPS) is 11.6. The van der Waals surface area contributed by atoms with Crippen molar-refractivity contribution in [3.8, 4) is 5.88 Å². The second-order valence-electron chi connectivity index (χ2n) is 5.99. The smallest absolute Gasteiger partial charge is 0.278 e. The Kier molecular flexibility index (Phi) is 5.22. The number of nitrogens with one attached hydrogen (secondary N) is 1. The van der Waals surface area contributed by atoms with Gasteiger partial charge in [-0.15, -0.1) is 0 Å². The summed E-state index contributed by atoms with van der Waals surface area (Å²) in [4.78, 5) is 20.0. The molecule has 0 fully saturated rings. The molecule has 3 aromatic rings. The molecule has 3 aromatic heterocycles. The number of amides is 1. The van der Waals surface area contributed by atoms with Crippen molar-refractivity contribution in [1.82, 2.24) is 25.1 Å². The molecule has 0 aliphatic rings. The monoisotopic (exact) mass is 395 g/mol. The van der Waals surface area contributed by atoms with Crippen molar-refractivity contribution in [2.45, 2.75) is 19.4 Å². The van der Waals surface area contributed by atoms with Gasteiger partial charge in [-0.2, -0.15) is 5.10 Å². The summed E-state index contributed by atoms with van der Waals surface area (Å²) in [6.07, 6.45) is 4.68. The minimum absolute atomic E-state index is 0.0568. The first-order chi connectivity index (χ1) is 12.8. The average Bonchev–Trinajstić information content (AvgIpc) is 3.01. The van der Waals surface area contributed by atoms with Crippen molar-refractivity contribution >= 4 is 28.4 Å². The summed E-state index contributed by atoms with van der Waals surface area (Å²) in [5.41, 5.74) is 1.59. The van der Waals surface area contributed by atoms with Crippen molar-refractivity contribution < 1.29 is 18.3 Å². The van der Waals surface area contributed by atoms with Crippen molar-refractivity contribution in [1.29, 1.82) is 0 Å². The Hall–Kier alpha value is -2.81. The molecule has 0 atom stereocenters. The number of carbonyl (C=O) groups is 1. The molecule has 0 aliphatic heterocycles. The third-order valence-electron chi connectivity index (χ3n) is 3.59. The van der Waals surface area contributed by atoms with Crippen molar-refractivity contribution in [2.75, 3.05) is 13.7 Å². The number of fused-ring (bicyclic) bond motifs is 1. The van der Waals surface area contributed by atoms with Crippen LogP contribution in [-0.2, 0) is 6.54 Å². The van der Waals surface area contributed by atoms with Gasteiger partial charge in [0.05, 0.1) is 17.4 Å². The lowest BCUT2D eigenvalue weighted by atomic mass is 10.2. The van der Waals surface area contributed by atoms with Crippen LogP contribution < -0.4 is 10.1 Å². The third-order valence-corrected chi connectivity index (χ3v) is 3.87. The minimum Gasteiger partial charge on any atom is -0.470 e. The van der Waals surface area contributed by atoms with Gasteiger partial charge in [0.2, 0.25) is 5.88 Å². The lowest BCUT2D eigenvalue weighted by molar-refractivity contribution is -0.0242. The van der Waals surface area contributed by atoms with Crippen molar-refractivity contribution in [3.05, 3.63) is 47.0 Å². The van der Waals surface area contributed by atoms with Crippen LogP contribution in [0.2, 0.25) is 5.02 Å². The average molecular weight is 396 g/mol. The highest BCUT2D eigenvalue weighted by Crippen LogP contribution is 2.25. The molecule has 10 heteroatoms. The Morgan fingerprint density at radius 2 is 2.19 bits per heavy atom. The van der Waals surface area contributed by atoms with Crippen molar-refractivity contribution in [2.24, 2.45) is 0 Å². The van der Waals surface area contributed by atoms with Gasteiger partial charge in [-0.3, -0.25) is 14.5 Å². The molecule has 3 rings (SSSR count). The van der Waals surface area contributed by atoms with E-state index in [0.29, 0.717) is 23.0 Å². The topological polar surface area (TPSA) is 81.9 Å². The highest BCUT2D eigenvalue weighted by Gasteiger charge is 2.23. The Balaban J connectivity index is 1.81. The summed E-state index contributed by atoms with van der Waals surface area (Å²) in [6.45, 7) is 0.261. The van der Waals surface area contributed by atoms with Gasteiger partial charge in [0.25, 0.3) is 11.8 Å². The predicted octanol–water partition coefficient (Wildman–Crippen LogP) is 2.92. The van der Waals surface area contributed by atoms with E-state index in [1.807, 2.05) is 0 Å². The van der Waals surface area contributed by atoms with E-state index in [0.717, 1.165) is 6.92 Å². The number of carbonyl (C=O) groups excluding carboxylic acids is 1. The fraction of sp³-hybridized carbons (Fsp3) is 0.294. The van der Waals surface area contributed by atoms with Gasteiger partial charge in [0.15, 0.2) is 6.61 Å². The first-order valence-electron chi connectivity index (χ1n) is 7.96. The molecule has 7 nitrogen and oxygen atoms in total.